The van der Waals surface area contributed by atoms with Crippen molar-refractivity contribution in [3.8, 4) is 0 Å². The molecule has 0 radical (unpaired) electrons. The summed E-state index contributed by atoms with van der Waals surface area (Å²) in [6.45, 7) is 6.19. The van der Waals surface area contributed by atoms with E-state index in [9.17, 15) is 13.2 Å². The highest BCUT2D eigenvalue weighted by molar-refractivity contribution is 7.89. The summed E-state index contributed by atoms with van der Waals surface area (Å²) in [6, 6.07) is 4.86. The van der Waals surface area contributed by atoms with Crippen LogP contribution in [0.5, 0.6) is 0 Å². The van der Waals surface area contributed by atoms with E-state index < -0.39 is 21.7 Å². The van der Waals surface area contributed by atoms with Crippen LogP contribution in [0.4, 0.5) is 4.79 Å². The molecule has 1 heterocycles. The van der Waals surface area contributed by atoms with Crippen LogP contribution in [0, 0.1) is 5.92 Å². The number of aromatic nitrogens is 1. The van der Waals surface area contributed by atoms with E-state index in [2.05, 4.69) is 10.3 Å². The van der Waals surface area contributed by atoms with E-state index in [4.69, 9.17) is 4.74 Å². The maximum absolute atomic E-state index is 13.0. The molecule has 0 aromatic carbocycles. The highest BCUT2D eigenvalue weighted by atomic mass is 32.2. The molecule has 0 saturated heterocycles. The molecular weight excluding hydrogens is 366 g/mol. The summed E-state index contributed by atoms with van der Waals surface area (Å²) in [4.78, 5) is 15.9. The molecule has 1 fully saturated rings. The molecule has 0 bridgehead atoms. The van der Waals surface area contributed by atoms with Crippen molar-refractivity contribution in [2.24, 2.45) is 5.92 Å². The van der Waals surface area contributed by atoms with Crippen LogP contribution >= 0.6 is 0 Å². The number of pyridine rings is 1. The van der Waals surface area contributed by atoms with E-state index in [1.807, 2.05) is 0 Å². The Hall–Kier alpha value is -1.67. The highest BCUT2D eigenvalue weighted by Gasteiger charge is 2.29. The second kappa shape index (κ2) is 9.50. The quantitative estimate of drug-likeness (QED) is 0.763. The summed E-state index contributed by atoms with van der Waals surface area (Å²) < 4.78 is 32.7. The fourth-order valence-corrected chi connectivity index (χ4v) is 4.64. The predicted octanol–water partition coefficient (Wildman–Crippen LogP) is 3.18. The third-order valence-corrected chi connectivity index (χ3v) is 6.24. The lowest BCUT2D eigenvalue weighted by Crippen LogP contribution is -2.42. The van der Waals surface area contributed by atoms with Crippen LogP contribution in [0.25, 0.3) is 0 Å². The van der Waals surface area contributed by atoms with Gasteiger partial charge in [0.25, 0.3) is 10.0 Å². The monoisotopic (exact) mass is 397 g/mol. The molecule has 1 saturated carbocycles. The molecule has 1 aromatic heterocycles. The van der Waals surface area contributed by atoms with Gasteiger partial charge in [0.2, 0.25) is 0 Å². The Morgan fingerprint density at radius 2 is 1.96 bits per heavy atom. The number of hydrogen-bond donors (Lipinski definition) is 1. The number of carbonyl (C=O) groups excluding carboxylic acids is 1. The summed E-state index contributed by atoms with van der Waals surface area (Å²) in [6.07, 6.45) is 6.49. The molecule has 27 heavy (non-hydrogen) atoms. The van der Waals surface area contributed by atoms with Crippen LogP contribution in [-0.4, -0.2) is 49.0 Å². The molecule has 152 valence electrons. The molecule has 7 nitrogen and oxygen atoms in total. The van der Waals surface area contributed by atoms with E-state index >= 15 is 0 Å². The Labute approximate surface area is 162 Å². The molecule has 8 heteroatoms. The smallest absolute Gasteiger partial charge is 0.407 e. The number of amides is 1. The van der Waals surface area contributed by atoms with Gasteiger partial charge in [0.1, 0.15) is 5.60 Å². The number of sulfonamides is 1. The maximum atomic E-state index is 13.0. The van der Waals surface area contributed by atoms with Crippen molar-refractivity contribution in [1.29, 1.82) is 0 Å². The Kier molecular flexibility index (Phi) is 7.61. The second-order valence-corrected chi connectivity index (χ2v) is 9.85. The van der Waals surface area contributed by atoms with Crippen molar-refractivity contribution in [3.05, 3.63) is 24.4 Å². The molecule has 2 rings (SSSR count). The molecular formula is C19H31N3O4S. The number of hydrogen-bond acceptors (Lipinski definition) is 5. The average molecular weight is 398 g/mol. The highest BCUT2D eigenvalue weighted by Crippen LogP contribution is 2.26. The molecule has 0 aliphatic heterocycles. The van der Waals surface area contributed by atoms with Gasteiger partial charge in [-0.15, -0.1) is 0 Å². The number of nitrogens with zero attached hydrogens (tertiary/aromatic N) is 2. The summed E-state index contributed by atoms with van der Waals surface area (Å²) >= 11 is 0. The normalized spacial score (nSPS) is 16.3. The van der Waals surface area contributed by atoms with Gasteiger partial charge in [-0.3, -0.25) is 0 Å². The van der Waals surface area contributed by atoms with Gasteiger partial charge in [-0.2, -0.15) is 4.31 Å². The third kappa shape index (κ3) is 7.10. The second-order valence-electron chi connectivity index (χ2n) is 7.96. The molecule has 0 atom stereocenters. The zero-order valence-corrected chi connectivity index (χ0v) is 17.3. The number of ether oxygens (including phenoxy) is 1. The van der Waals surface area contributed by atoms with Crippen molar-refractivity contribution >= 4 is 16.1 Å². The Balaban J connectivity index is 2.04. The fraction of sp³-hybridized carbons (Fsp3) is 0.684. The topological polar surface area (TPSA) is 88.6 Å². The Morgan fingerprint density at radius 3 is 2.56 bits per heavy atom. The van der Waals surface area contributed by atoms with E-state index in [1.54, 1.807) is 32.9 Å². The van der Waals surface area contributed by atoms with Gasteiger partial charge in [-0.1, -0.05) is 25.3 Å². The lowest BCUT2D eigenvalue weighted by Gasteiger charge is -2.29. The van der Waals surface area contributed by atoms with Gasteiger partial charge in [-0.25, -0.2) is 18.2 Å². The Morgan fingerprint density at radius 1 is 1.26 bits per heavy atom. The first-order chi connectivity index (χ1) is 12.7. The van der Waals surface area contributed by atoms with Gasteiger partial charge in [0.05, 0.1) is 0 Å². The van der Waals surface area contributed by atoms with Gasteiger partial charge < -0.3 is 10.1 Å². The van der Waals surface area contributed by atoms with E-state index in [1.165, 1.54) is 23.0 Å². The van der Waals surface area contributed by atoms with Crippen LogP contribution in [0.15, 0.2) is 29.4 Å². The Bertz CT molecular complexity index is 695. The zero-order valence-electron chi connectivity index (χ0n) is 16.5. The molecule has 1 N–H and O–H groups in total. The minimum absolute atomic E-state index is 0.0399. The molecule has 1 amide bonds. The lowest BCUT2D eigenvalue weighted by molar-refractivity contribution is 0.0525. The SMILES string of the molecule is CC(C)(C)OC(=O)NCCN(CC1CCCCC1)S(=O)(=O)c1ccccn1. The van der Waals surface area contributed by atoms with Crippen molar-refractivity contribution in [3.63, 3.8) is 0 Å². The first-order valence-corrected chi connectivity index (χ1v) is 11.0. The van der Waals surface area contributed by atoms with Crippen LogP contribution in [0.2, 0.25) is 0 Å². The average Bonchev–Trinajstić information content (AvgIpc) is 2.61. The molecule has 1 aromatic rings. The van der Waals surface area contributed by atoms with E-state index in [0.717, 1.165) is 25.7 Å². The van der Waals surface area contributed by atoms with Gasteiger partial charge in [-0.05, 0) is 51.7 Å². The lowest BCUT2D eigenvalue weighted by atomic mass is 9.89. The third-order valence-electron chi connectivity index (χ3n) is 4.46. The first kappa shape index (κ1) is 21.6. The van der Waals surface area contributed by atoms with Crippen LogP contribution in [0.1, 0.15) is 52.9 Å². The molecule has 0 unspecified atom stereocenters. The van der Waals surface area contributed by atoms with Crippen molar-refractivity contribution in [1.82, 2.24) is 14.6 Å². The maximum Gasteiger partial charge on any atom is 0.407 e. The minimum Gasteiger partial charge on any atom is -0.444 e. The van der Waals surface area contributed by atoms with Crippen molar-refractivity contribution in [2.45, 2.75) is 63.5 Å². The number of nitrogens with one attached hydrogen (secondary N) is 1. The van der Waals surface area contributed by atoms with Gasteiger partial charge >= 0.3 is 6.09 Å². The minimum atomic E-state index is -3.70. The number of alkyl carbamates (subject to hydrolysis) is 1. The largest absolute Gasteiger partial charge is 0.444 e. The summed E-state index contributed by atoms with van der Waals surface area (Å²) in [5.74, 6) is 0.346. The van der Waals surface area contributed by atoms with E-state index in [0.29, 0.717) is 12.5 Å². The van der Waals surface area contributed by atoms with E-state index in [-0.39, 0.29) is 18.1 Å². The number of rotatable bonds is 7. The van der Waals surface area contributed by atoms with Crippen molar-refractivity contribution in [2.75, 3.05) is 19.6 Å². The standard InChI is InChI=1S/C19H31N3O4S/c1-19(2,3)26-18(23)21-13-14-22(15-16-9-5-4-6-10-16)27(24,25)17-11-7-8-12-20-17/h7-8,11-12,16H,4-6,9-10,13-15H2,1-3H3,(H,21,23). The summed E-state index contributed by atoms with van der Waals surface area (Å²) in [5.41, 5.74) is -0.591. The van der Waals surface area contributed by atoms with Crippen LogP contribution in [-0.2, 0) is 14.8 Å². The predicted molar refractivity (Wildman–Crippen MR) is 104 cm³/mol. The summed E-state index contributed by atoms with van der Waals surface area (Å²) in [7, 11) is -3.70. The molecule has 1 aliphatic rings. The first-order valence-electron chi connectivity index (χ1n) is 9.56. The van der Waals surface area contributed by atoms with Gasteiger partial charge in [0, 0.05) is 25.8 Å². The van der Waals surface area contributed by atoms with Crippen LogP contribution in [0.3, 0.4) is 0 Å². The van der Waals surface area contributed by atoms with Crippen molar-refractivity contribution < 1.29 is 17.9 Å². The van der Waals surface area contributed by atoms with Crippen LogP contribution < -0.4 is 5.32 Å². The number of carbonyl (C=O) groups is 1. The molecule has 1 aliphatic carbocycles. The zero-order chi connectivity index (χ0) is 19.9. The summed E-state index contributed by atoms with van der Waals surface area (Å²) in [5, 5.41) is 2.68. The molecule has 0 spiro atoms. The van der Waals surface area contributed by atoms with Gasteiger partial charge in [0.15, 0.2) is 5.03 Å². The fourth-order valence-electron chi connectivity index (χ4n) is 3.20.